The van der Waals surface area contributed by atoms with Crippen LogP contribution in [-0.4, -0.2) is 0 Å². The topological polar surface area (TPSA) is 0 Å². The Balaban J connectivity index is 1.46. The summed E-state index contributed by atoms with van der Waals surface area (Å²) in [6.45, 7) is 0. The molecule has 0 spiro atoms. The quantitative estimate of drug-likeness (QED) is 0.0768. The van der Waals surface area contributed by atoms with Gasteiger partial charge in [0.25, 0.3) is 0 Å². The number of hydrogen-bond acceptors (Lipinski definition) is 0. The molecule has 0 fully saturated rings. The van der Waals surface area contributed by atoms with E-state index in [2.05, 4.69) is 0 Å². The van der Waals surface area contributed by atoms with Crippen molar-refractivity contribution >= 4 is 0 Å². The van der Waals surface area contributed by atoms with E-state index >= 15 is 127 Å². The molecule has 0 radical (unpaired) electrons. The van der Waals surface area contributed by atoms with Gasteiger partial charge in [-0.3, -0.25) is 0 Å². The fourth-order valence-corrected chi connectivity index (χ4v) is 10.2. The first-order chi connectivity index (χ1) is 46.8. The zero-order valence-electron chi connectivity index (χ0n) is 45.6. The molecule has 0 amide bonds. The Morgan fingerprint density at radius 3 is 0.347 bits per heavy atom. The zero-order valence-corrected chi connectivity index (χ0v) is 45.6. The molecule has 0 saturated heterocycles. The second-order valence-electron chi connectivity index (χ2n) is 19.8. The average molecular weight is 1500 g/mol. The lowest BCUT2D eigenvalue weighted by molar-refractivity contribution is 0.379. The van der Waals surface area contributed by atoms with Crippen LogP contribution in [0.15, 0.2) is 6.07 Å². The molecule has 41 heteroatoms. The molecule has 0 saturated carbocycles. The molecule has 0 aromatic heterocycles. The number of rotatable bonds is 9. The van der Waals surface area contributed by atoms with Gasteiger partial charge in [-0.15, -0.1) is 0 Å². The molecule has 0 N–H and O–H groups in total. The lowest BCUT2D eigenvalue weighted by atomic mass is 9.84. The van der Waals surface area contributed by atoms with Crippen LogP contribution < -0.4 is 0 Å². The van der Waals surface area contributed by atoms with Crippen molar-refractivity contribution in [3.8, 4) is 100 Å². The van der Waals surface area contributed by atoms with Crippen molar-refractivity contribution in [1.82, 2.24) is 0 Å². The van der Waals surface area contributed by atoms with Crippen LogP contribution in [0.5, 0.6) is 0 Å². The zero-order chi connectivity index (χ0) is 75.8. The Hall–Kier alpha value is -10.7. The Kier molecular flexibility index (Phi) is 18.0. The van der Waals surface area contributed by atoms with Gasteiger partial charge in [-0.1, -0.05) is 0 Å². The monoisotopic (exact) mass is 1500 g/mol. The molecule has 0 atom stereocenters. The molecule has 0 unspecified atom stereocenters. The highest BCUT2D eigenvalue weighted by molar-refractivity contribution is 5.92. The molecule has 10 aromatic rings. The lowest BCUT2D eigenvalue weighted by Crippen LogP contribution is -2.15. The normalized spacial score (nSPS) is 11.8. The summed E-state index contributed by atoms with van der Waals surface area (Å²) in [5.74, 6) is -150. The minimum atomic E-state index is -4.23. The molecule has 0 bridgehead atoms. The summed E-state index contributed by atoms with van der Waals surface area (Å²) in [5, 5.41) is 0. The lowest BCUT2D eigenvalue weighted by Gasteiger charge is -2.23. The molecule has 101 heavy (non-hydrogen) atoms. The molecule has 10 aromatic carbocycles. The van der Waals surface area contributed by atoms with Gasteiger partial charge in [0.05, 0.1) is 94.6 Å². The van der Waals surface area contributed by atoms with Gasteiger partial charge >= 0.3 is 0 Å². The second-order valence-corrected chi connectivity index (χ2v) is 19.8. The highest BCUT2D eigenvalue weighted by Crippen LogP contribution is 2.54. The fourth-order valence-electron chi connectivity index (χ4n) is 10.2. The molecule has 0 aliphatic heterocycles. The summed E-state index contributed by atoms with van der Waals surface area (Å²) in [7, 11) is 0. The van der Waals surface area contributed by atoms with Crippen molar-refractivity contribution in [1.29, 1.82) is 0 Å². The Morgan fingerprint density at radius 1 is 0.0891 bits per heavy atom. The third-order valence-corrected chi connectivity index (χ3v) is 14.7. The van der Waals surface area contributed by atoms with Crippen LogP contribution >= 0.6 is 0 Å². The molecule has 528 valence electrons. The summed E-state index contributed by atoms with van der Waals surface area (Å²) < 4.78 is 643. The van der Waals surface area contributed by atoms with Crippen LogP contribution in [0, 0.1) is 239 Å². The van der Waals surface area contributed by atoms with Crippen molar-refractivity contribution in [2.45, 2.75) is 0 Å². The van der Waals surface area contributed by atoms with E-state index in [4.69, 9.17) is 0 Å². The predicted molar refractivity (Wildman–Crippen MR) is 254 cm³/mol. The average Bonchev–Trinajstić information content (AvgIpc) is 0.760. The first-order valence-electron chi connectivity index (χ1n) is 25.1. The Labute approximate surface area is 524 Å². The number of halogens is 41. The van der Waals surface area contributed by atoms with Crippen LogP contribution in [-0.2, 0) is 0 Å². The molecular formula is C60HF41. The molecule has 0 aliphatic carbocycles. The van der Waals surface area contributed by atoms with E-state index in [0.29, 0.717) is 0 Å². The standard InChI is InChI=1S/C60HF41/c61-3-1-2(21(62)28(69)5(3)6-41(82)49(90)57(98)50(91)42(6)83)4-22(63)7(24(65)9(23(4)64)12-29(70)35(76)15(36(77)30(12)71)18-43(84)51(92)58(99)52(93)44(18)85)8-25(66)10(13-31(72)37(78)16(38(79)32(13)73)19-45(86)53(94)59(100)54(95)46(19)87)27(68)11(26(8)67)14-33(74)39(80)17(40(81)34(14)75)20-47(88)55(96)60(101)56(97)48(20)89/h1H. The Bertz CT molecular complexity index is 5110. The summed E-state index contributed by atoms with van der Waals surface area (Å²) in [6, 6.07) is -1.34. The van der Waals surface area contributed by atoms with E-state index in [1.807, 2.05) is 0 Å². The van der Waals surface area contributed by atoms with Gasteiger partial charge in [-0.2, -0.15) is 0 Å². The van der Waals surface area contributed by atoms with Crippen molar-refractivity contribution in [2.75, 3.05) is 0 Å². The van der Waals surface area contributed by atoms with Crippen LogP contribution in [0.2, 0.25) is 0 Å². The smallest absolute Gasteiger partial charge is 0.200 e. The number of benzene rings is 10. The fraction of sp³-hybridized carbons (Fsp3) is 0. The first-order valence-corrected chi connectivity index (χ1v) is 25.1. The van der Waals surface area contributed by atoms with E-state index in [-0.39, 0.29) is 0 Å². The predicted octanol–water partition coefficient (Wildman–Crippen LogP) is 22.4. The van der Waals surface area contributed by atoms with Gasteiger partial charge in [0.2, 0.25) is 23.3 Å². The van der Waals surface area contributed by atoms with E-state index in [1.54, 1.807) is 0 Å². The largest absolute Gasteiger partial charge is 0.206 e. The van der Waals surface area contributed by atoms with Gasteiger partial charge in [-0.05, 0) is 6.07 Å². The van der Waals surface area contributed by atoms with E-state index < -0.39 is 345 Å². The van der Waals surface area contributed by atoms with Gasteiger partial charge in [0, 0.05) is 5.56 Å². The van der Waals surface area contributed by atoms with Gasteiger partial charge in [0.1, 0.15) is 40.7 Å². The maximum atomic E-state index is 17.8. The summed E-state index contributed by atoms with van der Waals surface area (Å²) in [6.07, 6.45) is 0. The third kappa shape index (κ3) is 9.98. The summed E-state index contributed by atoms with van der Waals surface area (Å²) in [5.41, 5.74) is -63.0. The summed E-state index contributed by atoms with van der Waals surface area (Å²) >= 11 is 0. The van der Waals surface area contributed by atoms with Crippen molar-refractivity contribution in [2.24, 2.45) is 0 Å². The summed E-state index contributed by atoms with van der Waals surface area (Å²) in [4.78, 5) is 0. The molecule has 0 heterocycles. The van der Waals surface area contributed by atoms with Crippen LogP contribution in [0.4, 0.5) is 180 Å². The van der Waals surface area contributed by atoms with E-state index in [9.17, 15) is 52.7 Å². The molecule has 10 rings (SSSR count). The Morgan fingerprint density at radius 2 is 0.188 bits per heavy atom. The molecule has 0 nitrogen and oxygen atoms in total. The SMILES string of the molecule is Fc1cc(-c2c(F)c(-c3c(F)c(F)c(-c4c(F)c(F)c(F)c(F)c4F)c(F)c3F)c(F)c(-c3c(F)c(-c4c(F)c(F)c(-c5c(F)c(F)c(F)c(F)c5F)c(F)c4F)c(F)c(-c4c(F)c(F)c(-c5c(F)c(F)c(F)c(F)c5F)c(F)c4F)c3F)c2F)c(F)c(F)c1-c1c(F)c(F)c(F)c(F)c1F. The van der Waals surface area contributed by atoms with Crippen molar-refractivity contribution < 1.29 is 180 Å². The maximum Gasteiger partial charge on any atom is 0.200 e. The first kappa shape index (κ1) is 73.1. The minimum Gasteiger partial charge on any atom is -0.206 e. The molecular weight excluding hydrogens is 1500 g/mol. The van der Waals surface area contributed by atoms with E-state index in [0.717, 1.165) is 0 Å². The van der Waals surface area contributed by atoms with Crippen LogP contribution in [0.25, 0.3) is 100 Å². The third-order valence-electron chi connectivity index (χ3n) is 14.7. The van der Waals surface area contributed by atoms with E-state index in [1.165, 1.54) is 0 Å². The van der Waals surface area contributed by atoms with Crippen molar-refractivity contribution in [3.63, 3.8) is 0 Å². The van der Waals surface area contributed by atoms with Gasteiger partial charge in [-0.25, -0.2) is 180 Å². The highest BCUT2D eigenvalue weighted by Gasteiger charge is 2.46. The highest BCUT2D eigenvalue weighted by atomic mass is 19.2. The van der Waals surface area contributed by atoms with Gasteiger partial charge in [0.15, 0.2) is 175 Å². The minimum absolute atomic E-state index is 1.34. The maximum absolute atomic E-state index is 17.8. The second kappa shape index (κ2) is 24.9. The van der Waals surface area contributed by atoms with Crippen molar-refractivity contribution in [3.05, 3.63) is 245 Å². The molecule has 0 aliphatic rings. The van der Waals surface area contributed by atoms with Crippen LogP contribution in [0.3, 0.4) is 0 Å². The number of hydrogen-bond donors (Lipinski definition) is 0. The van der Waals surface area contributed by atoms with Crippen LogP contribution in [0.1, 0.15) is 0 Å². The van der Waals surface area contributed by atoms with Gasteiger partial charge < -0.3 is 0 Å².